The van der Waals surface area contributed by atoms with Crippen LogP contribution in [0.4, 0.5) is 11.5 Å². The van der Waals surface area contributed by atoms with E-state index in [-0.39, 0.29) is 4.90 Å². The number of benzene rings is 1. The summed E-state index contributed by atoms with van der Waals surface area (Å²) >= 11 is 0. The minimum Gasteiger partial charge on any atom is -0.373 e. The smallest absolute Gasteiger partial charge is 0.263 e. The van der Waals surface area contributed by atoms with Crippen LogP contribution in [0.2, 0.25) is 0 Å². The quantitative estimate of drug-likeness (QED) is 0.908. The molecule has 0 atom stereocenters. The summed E-state index contributed by atoms with van der Waals surface area (Å²) < 4.78 is 27.0. The summed E-state index contributed by atoms with van der Waals surface area (Å²) in [5.41, 5.74) is 2.70. The molecule has 6 heteroatoms. The molecule has 20 heavy (non-hydrogen) atoms. The van der Waals surface area contributed by atoms with E-state index in [9.17, 15) is 8.42 Å². The average Bonchev–Trinajstić information content (AvgIpc) is 2.43. The van der Waals surface area contributed by atoms with Gasteiger partial charge >= 0.3 is 0 Å². The van der Waals surface area contributed by atoms with E-state index in [0.29, 0.717) is 11.5 Å². The molecule has 0 aliphatic carbocycles. The van der Waals surface area contributed by atoms with Gasteiger partial charge in [-0.3, -0.25) is 4.72 Å². The zero-order chi connectivity index (χ0) is 14.8. The van der Waals surface area contributed by atoms with Crippen LogP contribution in [0.3, 0.4) is 0 Å². The summed E-state index contributed by atoms with van der Waals surface area (Å²) in [6.45, 7) is 3.92. The molecule has 2 aromatic rings. The van der Waals surface area contributed by atoms with Crippen LogP contribution in [0.25, 0.3) is 0 Å². The monoisotopic (exact) mass is 291 g/mol. The lowest BCUT2D eigenvalue weighted by Crippen LogP contribution is -2.13. The summed E-state index contributed by atoms with van der Waals surface area (Å²) in [5, 5.41) is 2.84. The molecule has 1 aromatic carbocycles. The van der Waals surface area contributed by atoms with Crippen LogP contribution < -0.4 is 10.0 Å². The number of rotatable bonds is 4. The highest BCUT2D eigenvalue weighted by Crippen LogP contribution is 2.19. The number of anilines is 2. The third kappa shape index (κ3) is 3.08. The van der Waals surface area contributed by atoms with Crippen LogP contribution in [0.15, 0.2) is 41.4 Å². The molecule has 0 aliphatic rings. The number of sulfonamides is 1. The van der Waals surface area contributed by atoms with Gasteiger partial charge in [0.2, 0.25) is 0 Å². The SMILES string of the molecule is CNc1ccc(S(=O)(=O)Nc2ccc(C)c(C)c2)cn1. The number of hydrogen-bond donors (Lipinski definition) is 2. The number of nitrogens with one attached hydrogen (secondary N) is 2. The van der Waals surface area contributed by atoms with Crippen LogP contribution in [0.5, 0.6) is 0 Å². The Kier molecular flexibility index (Phi) is 3.94. The van der Waals surface area contributed by atoms with Crippen LogP contribution in [-0.4, -0.2) is 20.4 Å². The maximum atomic E-state index is 12.2. The molecule has 5 nitrogen and oxygen atoms in total. The molecule has 0 fully saturated rings. The molecule has 0 bridgehead atoms. The Hall–Kier alpha value is -2.08. The van der Waals surface area contributed by atoms with Crippen molar-refractivity contribution in [1.29, 1.82) is 0 Å². The Morgan fingerprint density at radius 1 is 1.05 bits per heavy atom. The third-order valence-electron chi connectivity index (χ3n) is 3.06. The topological polar surface area (TPSA) is 71.1 Å². The fourth-order valence-corrected chi connectivity index (χ4v) is 2.70. The summed E-state index contributed by atoms with van der Waals surface area (Å²) in [5.74, 6) is 0.620. The first-order chi connectivity index (χ1) is 9.42. The first-order valence-corrected chi connectivity index (χ1v) is 7.64. The van der Waals surface area contributed by atoms with Crippen molar-refractivity contribution in [2.75, 3.05) is 17.1 Å². The summed E-state index contributed by atoms with van der Waals surface area (Å²) in [6, 6.07) is 8.57. The lowest BCUT2D eigenvalue weighted by Gasteiger charge is -2.10. The van der Waals surface area contributed by atoms with Gasteiger partial charge in [-0.25, -0.2) is 13.4 Å². The number of pyridine rings is 1. The molecule has 2 N–H and O–H groups in total. The Morgan fingerprint density at radius 3 is 2.35 bits per heavy atom. The van der Waals surface area contributed by atoms with E-state index in [1.54, 1.807) is 19.2 Å². The van der Waals surface area contributed by atoms with Gasteiger partial charge in [0.1, 0.15) is 10.7 Å². The Labute approximate surface area is 119 Å². The average molecular weight is 291 g/mol. The normalized spacial score (nSPS) is 11.2. The second-order valence-corrected chi connectivity index (χ2v) is 6.22. The van der Waals surface area contributed by atoms with Gasteiger partial charge in [-0.15, -0.1) is 0 Å². The number of aryl methyl sites for hydroxylation is 2. The Morgan fingerprint density at radius 2 is 1.80 bits per heavy atom. The molecule has 2 rings (SSSR count). The van der Waals surface area contributed by atoms with Gasteiger partial charge in [0.05, 0.1) is 0 Å². The van der Waals surface area contributed by atoms with Crippen molar-refractivity contribution in [3.05, 3.63) is 47.7 Å². The van der Waals surface area contributed by atoms with E-state index in [1.807, 2.05) is 26.0 Å². The molecule has 0 saturated carbocycles. The van der Waals surface area contributed by atoms with E-state index < -0.39 is 10.0 Å². The lowest BCUT2D eigenvalue weighted by molar-refractivity contribution is 0.601. The van der Waals surface area contributed by atoms with Gasteiger partial charge in [-0.1, -0.05) is 6.07 Å². The van der Waals surface area contributed by atoms with Crippen molar-refractivity contribution in [2.24, 2.45) is 0 Å². The molecule has 106 valence electrons. The van der Waals surface area contributed by atoms with Gasteiger partial charge in [-0.2, -0.15) is 0 Å². The van der Waals surface area contributed by atoms with Gasteiger partial charge in [0.25, 0.3) is 10.0 Å². The zero-order valence-electron chi connectivity index (χ0n) is 11.6. The maximum Gasteiger partial charge on any atom is 0.263 e. The summed E-state index contributed by atoms with van der Waals surface area (Å²) in [4.78, 5) is 4.14. The number of aromatic nitrogens is 1. The van der Waals surface area contributed by atoms with Gasteiger partial charge in [0, 0.05) is 18.9 Å². The van der Waals surface area contributed by atoms with Gasteiger partial charge in [0.15, 0.2) is 0 Å². The van der Waals surface area contributed by atoms with E-state index in [4.69, 9.17) is 0 Å². The summed E-state index contributed by atoms with van der Waals surface area (Å²) in [6.07, 6.45) is 1.33. The predicted octanol–water partition coefficient (Wildman–Crippen LogP) is 2.54. The van der Waals surface area contributed by atoms with Crippen molar-refractivity contribution >= 4 is 21.5 Å². The molecule has 0 amide bonds. The molecule has 0 saturated heterocycles. The van der Waals surface area contributed by atoms with E-state index in [2.05, 4.69) is 15.0 Å². The number of nitrogens with zero attached hydrogens (tertiary/aromatic N) is 1. The van der Waals surface area contributed by atoms with Gasteiger partial charge in [-0.05, 0) is 49.2 Å². The van der Waals surface area contributed by atoms with Crippen molar-refractivity contribution < 1.29 is 8.42 Å². The predicted molar refractivity (Wildman–Crippen MR) is 80.5 cm³/mol. The first kappa shape index (κ1) is 14.3. The van der Waals surface area contributed by atoms with Crippen LogP contribution >= 0.6 is 0 Å². The standard InChI is InChI=1S/C14H17N3O2S/c1-10-4-5-12(8-11(10)2)17-20(18,19)13-6-7-14(15-3)16-9-13/h4-9,17H,1-3H3,(H,15,16). The van der Waals surface area contributed by atoms with E-state index in [0.717, 1.165) is 11.1 Å². The van der Waals surface area contributed by atoms with Crippen molar-refractivity contribution in [3.8, 4) is 0 Å². The molecule has 1 heterocycles. The molecular weight excluding hydrogens is 274 g/mol. The maximum absolute atomic E-state index is 12.2. The lowest BCUT2D eigenvalue weighted by atomic mass is 10.1. The molecule has 0 unspecified atom stereocenters. The van der Waals surface area contributed by atoms with Crippen molar-refractivity contribution in [3.63, 3.8) is 0 Å². The molecular formula is C14H17N3O2S. The second-order valence-electron chi connectivity index (χ2n) is 4.53. The van der Waals surface area contributed by atoms with E-state index >= 15 is 0 Å². The van der Waals surface area contributed by atoms with Crippen LogP contribution in [0.1, 0.15) is 11.1 Å². The van der Waals surface area contributed by atoms with Crippen LogP contribution in [-0.2, 0) is 10.0 Å². The van der Waals surface area contributed by atoms with Crippen LogP contribution in [0, 0.1) is 13.8 Å². The minimum atomic E-state index is -3.61. The molecule has 0 aliphatic heterocycles. The van der Waals surface area contributed by atoms with E-state index in [1.165, 1.54) is 12.3 Å². The minimum absolute atomic E-state index is 0.134. The zero-order valence-corrected chi connectivity index (χ0v) is 12.5. The van der Waals surface area contributed by atoms with Crippen molar-refractivity contribution in [2.45, 2.75) is 18.7 Å². The Balaban J connectivity index is 2.27. The van der Waals surface area contributed by atoms with Crippen molar-refractivity contribution in [1.82, 2.24) is 4.98 Å². The third-order valence-corrected chi connectivity index (χ3v) is 4.43. The number of hydrogen-bond acceptors (Lipinski definition) is 4. The largest absolute Gasteiger partial charge is 0.373 e. The first-order valence-electron chi connectivity index (χ1n) is 6.16. The molecule has 0 radical (unpaired) electrons. The second kappa shape index (κ2) is 5.50. The highest BCUT2D eigenvalue weighted by Gasteiger charge is 2.14. The fraction of sp³-hybridized carbons (Fsp3) is 0.214. The fourth-order valence-electron chi connectivity index (χ4n) is 1.71. The highest BCUT2D eigenvalue weighted by atomic mass is 32.2. The van der Waals surface area contributed by atoms with Gasteiger partial charge < -0.3 is 5.32 Å². The molecule has 0 spiro atoms. The molecule has 1 aromatic heterocycles. The summed E-state index contributed by atoms with van der Waals surface area (Å²) in [7, 11) is -1.88. The highest BCUT2D eigenvalue weighted by molar-refractivity contribution is 7.92. The Bertz CT molecular complexity index is 710.